The van der Waals surface area contributed by atoms with Gasteiger partial charge in [0.25, 0.3) is 0 Å². The number of nitrogens with one attached hydrogen (secondary N) is 1. The van der Waals surface area contributed by atoms with Gasteiger partial charge in [-0.1, -0.05) is 42.2 Å². The van der Waals surface area contributed by atoms with Crippen LogP contribution in [0.5, 0.6) is 0 Å². The standard InChI is InChI=1S/C28H27N3O5S2/c1-18(19-7-5-4-6-8-19)36-27(33)30-25-20(17-29-31(25)2)9-10-21-15-22-23(37-21)16-24(38-22)28(11-12-28)26(32)35-14-13-34-3/h4-8,15-18H,11-14H2,1-3H3,(H,30,33)/t18-/m1/s1. The molecular formula is C28H27N3O5S2. The maximum atomic E-state index is 12.6. The number of anilines is 1. The second-order valence-corrected chi connectivity index (χ2v) is 11.2. The molecule has 0 saturated heterocycles. The maximum absolute atomic E-state index is 12.6. The van der Waals surface area contributed by atoms with Crippen LogP contribution in [0.25, 0.3) is 9.40 Å². The summed E-state index contributed by atoms with van der Waals surface area (Å²) in [6, 6.07) is 13.7. The summed E-state index contributed by atoms with van der Waals surface area (Å²) in [5.74, 6) is 6.60. The predicted molar refractivity (Wildman–Crippen MR) is 148 cm³/mol. The van der Waals surface area contributed by atoms with Crippen molar-refractivity contribution < 1.29 is 23.8 Å². The number of esters is 1. The van der Waals surface area contributed by atoms with E-state index in [0.717, 1.165) is 37.6 Å². The number of methoxy groups -OCH3 is 1. The topological polar surface area (TPSA) is 91.7 Å². The number of aromatic nitrogens is 2. The Hall–Kier alpha value is -3.65. The van der Waals surface area contributed by atoms with Crippen LogP contribution in [0, 0.1) is 11.8 Å². The van der Waals surface area contributed by atoms with E-state index in [1.165, 1.54) is 0 Å². The number of nitrogens with zero attached hydrogens (tertiary/aromatic N) is 2. The third kappa shape index (κ3) is 5.45. The lowest BCUT2D eigenvalue weighted by Gasteiger charge is -2.14. The van der Waals surface area contributed by atoms with Crippen molar-refractivity contribution in [2.45, 2.75) is 31.3 Å². The van der Waals surface area contributed by atoms with Crippen molar-refractivity contribution in [3.63, 3.8) is 0 Å². The highest BCUT2D eigenvalue weighted by molar-refractivity contribution is 7.28. The highest BCUT2D eigenvalue weighted by Crippen LogP contribution is 2.53. The zero-order valence-electron chi connectivity index (χ0n) is 21.3. The van der Waals surface area contributed by atoms with Crippen LogP contribution in [-0.4, -0.2) is 42.2 Å². The van der Waals surface area contributed by atoms with Crippen LogP contribution in [0.3, 0.4) is 0 Å². The molecule has 0 aliphatic heterocycles. The summed E-state index contributed by atoms with van der Waals surface area (Å²) >= 11 is 3.19. The quantitative estimate of drug-likeness (QED) is 0.174. The average molecular weight is 550 g/mol. The van der Waals surface area contributed by atoms with Crippen molar-refractivity contribution in [1.29, 1.82) is 0 Å². The first kappa shape index (κ1) is 26.0. The van der Waals surface area contributed by atoms with E-state index in [2.05, 4.69) is 28.3 Å². The third-order valence-electron chi connectivity index (χ3n) is 6.37. The van der Waals surface area contributed by atoms with Crippen molar-refractivity contribution in [3.05, 3.63) is 69.5 Å². The number of fused-ring (bicyclic) bond motifs is 1. The maximum Gasteiger partial charge on any atom is 0.413 e. The van der Waals surface area contributed by atoms with Gasteiger partial charge in [0.05, 0.1) is 23.2 Å². The van der Waals surface area contributed by atoms with Crippen LogP contribution >= 0.6 is 22.7 Å². The summed E-state index contributed by atoms with van der Waals surface area (Å²) in [4.78, 5) is 27.1. The molecule has 1 aliphatic carbocycles. The number of benzene rings is 1. The summed E-state index contributed by atoms with van der Waals surface area (Å²) in [5, 5.41) is 7.01. The SMILES string of the molecule is COCCOC(=O)C1(c2cc3sc(C#Cc4cnn(C)c4NC(=O)O[C@H](C)c4ccccc4)cc3s2)CC1. The molecule has 1 atom stereocenters. The normalized spacial score (nSPS) is 14.4. The second kappa shape index (κ2) is 11.0. The number of carbonyl (C=O) groups is 2. The van der Waals surface area contributed by atoms with Gasteiger partial charge in [-0.2, -0.15) is 5.10 Å². The molecule has 1 saturated carbocycles. The molecule has 0 spiro atoms. The van der Waals surface area contributed by atoms with E-state index in [1.807, 2.05) is 43.3 Å². The Labute approximate surface area is 228 Å². The third-order valence-corrected chi connectivity index (χ3v) is 8.79. The number of hydrogen-bond acceptors (Lipinski definition) is 8. The fraction of sp³-hybridized carbons (Fsp3) is 0.321. The number of ether oxygens (including phenoxy) is 3. The molecule has 0 unspecified atom stereocenters. The summed E-state index contributed by atoms with van der Waals surface area (Å²) in [6.45, 7) is 2.49. The number of rotatable bonds is 8. The summed E-state index contributed by atoms with van der Waals surface area (Å²) < 4.78 is 19.6. The van der Waals surface area contributed by atoms with E-state index in [1.54, 1.807) is 47.7 Å². The van der Waals surface area contributed by atoms with Crippen LogP contribution in [-0.2, 0) is 31.5 Å². The van der Waals surface area contributed by atoms with E-state index in [-0.39, 0.29) is 12.6 Å². The highest BCUT2D eigenvalue weighted by atomic mass is 32.1. The minimum atomic E-state index is -0.577. The van der Waals surface area contributed by atoms with Crippen molar-refractivity contribution in [2.75, 3.05) is 25.6 Å². The van der Waals surface area contributed by atoms with Crippen molar-refractivity contribution in [1.82, 2.24) is 9.78 Å². The van der Waals surface area contributed by atoms with Gasteiger partial charge in [0, 0.05) is 28.4 Å². The first-order valence-electron chi connectivity index (χ1n) is 12.2. The van der Waals surface area contributed by atoms with Gasteiger partial charge in [0.15, 0.2) is 0 Å². The van der Waals surface area contributed by atoms with E-state index in [9.17, 15) is 9.59 Å². The smallest absolute Gasteiger partial charge is 0.413 e. The van der Waals surface area contributed by atoms with Gasteiger partial charge in [0.2, 0.25) is 0 Å². The fourth-order valence-electron chi connectivity index (χ4n) is 4.05. The van der Waals surface area contributed by atoms with Crippen LogP contribution in [0.4, 0.5) is 10.6 Å². The Bertz CT molecular complexity index is 1490. The minimum Gasteiger partial charge on any atom is -0.463 e. The summed E-state index contributed by atoms with van der Waals surface area (Å²) in [7, 11) is 3.32. The molecule has 1 aliphatic rings. The van der Waals surface area contributed by atoms with Crippen LogP contribution in [0.1, 0.15) is 46.8 Å². The Morgan fingerprint density at radius 3 is 2.61 bits per heavy atom. The molecule has 38 heavy (non-hydrogen) atoms. The molecule has 0 radical (unpaired) electrons. The van der Waals surface area contributed by atoms with Gasteiger partial charge >= 0.3 is 12.1 Å². The van der Waals surface area contributed by atoms with E-state index >= 15 is 0 Å². The second-order valence-electron chi connectivity index (χ2n) is 9.02. The monoisotopic (exact) mass is 549 g/mol. The summed E-state index contributed by atoms with van der Waals surface area (Å²) in [6.07, 6.45) is 2.26. The van der Waals surface area contributed by atoms with Gasteiger partial charge in [-0.3, -0.25) is 14.8 Å². The van der Waals surface area contributed by atoms with Crippen LogP contribution < -0.4 is 5.32 Å². The number of hydrogen-bond donors (Lipinski definition) is 1. The first-order valence-corrected chi connectivity index (χ1v) is 13.8. The molecule has 1 N–H and O–H groups in total. The Morgan fingerprint density at radius 1 is 1.13 bits per heavy atom. The number of aryl methyl sites for hydroxylation is 1. The lowest BCUT2D eigenvalue weighted by Crippen LogP contribution is -2.23. The largest absolute Gasteiger partial charge is 0.463 e. The molecule has 196 valence electrons. The zero-order chi connectivity index (χ0) is 26.7. The van der Waals surface area contributed by atoms with E-state index < -0.39 is 17.6 Å². The van der Waals surface area contributed by atoms with Crippen molar-refractivity contribution >= 4 is 50.0 Å². The van der Waals surface area contributed by atoms with Gasteiger partial charge in [-0.25, -0.2) is 4.79 Å². The van der Waals surface area contributed by atoms with Crippen molar-refractivity contribution in [2.24, 2.45) is 7.05 Å². The molecular weight excluding hydrogens is 522 g/mol. The minimum absolute atomic E-state index is 0.170. The van der Waals surface area contributed by atoms with Gasteiger partial charge < -0.3 is 14.2 Å². The molecule has 1 aromatic carbocycles. The highest BCUT2D eigenvalue weighted by Gasteiger charge is 2.54. The van der Waals surface area contributed by atoms with Crippen molar-refractivity contribution in [3.8, 4) is 11.8 Å². The van der Waals surface area contributed by atoms with Gasteiger partial charge in [0.1, 0.15) is 23.9 Å². The molecule has 3 aromatic heterocycles. The van der Waals surface area contributed by atoms with Gasteiger partial charge in [-0.05, 0) is 37.5 Å². The molecule has 0 bridgehead atoms. The molecule has 3 heterocycles. The Balaban J connectivity index is 1.26. The van der Waals surface area contributed by atoms with Crippen LogP contribution in [0.15, 0.2) is 48.7 Å². The molecule has 5 rings (SSSR count). The molecule has 10 heteroatoms. The van der Waals surface area contributed by atoms with Gasteiger partial charge in [-0.15, -0.1) is 22.7 Å². The zero-order valence-corrected chi connectivity index (χ0v) is 22.9. The predicted octanol–water partition coefficient (Wildman–Crippen LogP) is 5.63. The first-order chi connectivity index (χ1) is 18.4. The summed E-state index contributed by atoms with van der Waals surface area (Å²) in [5.41, 5.74) is 0.986. The lowest BCUT2D eigenvalue weighted by atomic mass is 10.1. The number of carbonyl (C=O) groups excluding carboxylic acids is 2. The van der Waals surface area contributed by atoms with E-state index in [4.69, 9.17) is 14.2 Å². The fourth-order valence-corrected chi connectivity index (χ4v) is 6.53. The lowest BCUT2D eigenvalue weighted by molar-refractivity contribution is -0.147. The number of amides is 1. The molecule has 8 nitrogen and oxygen atoms in total. The number of thiophene rings is 2. The molecule has 1 amide bonds. The van der Waals surface area contributed by atoms with E-state index in [0.29, 0.717) is 18.0 Å². The molecule has 4 aromatic rings. The molecule has 1 fully saturated rings. The Kier molecular flexibility index (Phi) is 7.51. The average Bonchev–Trinajstić information content (AvgIpc) is 3.34. The Morgan fingerprint density at radius 2 is 1.89 bits per heavy atom. The van der Waals surface area contributed by atoms with Crippen LogP contribution in [0.2, 0.25) is 0 Å².